The van der Waals surface area contributed by atoms with E-state index < -0.39 is 0 Å². The number of ether oxygens (including phenoxy) is 3. The Labute approximate surface area is 102 Å². The molecule has 17 heavy (non-hydrogen) atoms. The first kappa shape index (κ1) is 12.2. The van der Waals surface area contributed by atoms with Crippen LogP contribution in [-0.2, 0) is 9.47 Å². The van der Waals surface area contributed by atoms with Crippen molar-refractivity contribution in [2.24, 2.45) is 0 Å². The maximum atomic E-state index is 5.58. The highest BCUT2D eigenvalue weighted by molar-refractivity contribution is 5.41. The predicted octanol–water partition coefficient (Wildman–Crippen LogP) is 1.84. The summed E-state index contributed by atoms with van der Waals surface area (Å²) in [5.74, 6) is 0.819. The fraction of sp³-hybridized carbons (Fsp3) is 0.538. The van der Waals surface area contributed by atoms with Crippen molar-refractivity contribution in [2.45, 2.75) is 18.9 Å². The Morgan fingerprint density at radius 2 is 2.06 bits per heavy atom. The Kier molecular flexibility index (Phi) is 4.64. The minimum atomic E-state index is 0.284. The summed E-state index contributed by atoms with van der Waals surface area (Å²) in [4.78, 5) is 0. The molecule has 94 valence electrons. The number of benzene rings is 1. The molecule has 1 aromatic carbocycles. The Bertz CT molecular complexity index is 320. The maximum absolute atomic E-state index is 5.58. The average molecular weight is 237 g/mol. The van der Waals surface area contributed by atoms with E-state index in [1.807, 2.05) is 24.3 Å². The van der Waals surface area contributed by atoms with E-state index in [0.717, 1.165) is 30.9 Å². The normalized spacial score (nSPS) is 19.4. The third-order valence-corrected chi connectivity index (χ3v) is 2.70. The fourth-order valence-electron chi connectivity index (χ4n) is 1.77. The quantitative estimate of drug-likeness (QED) is 0.606. The molecule has 2 rings (SSSR count). The topological polar surface area (TPSA) is 53.7 Å². The zero-order valence-corrected chi connectivity index (χ0v) is 9.93. The van der Waals surface area contributed by atoms with E-state index in [1.54, 1.807) is 0 Å². The Morgan fingerprint density at radius 1 is 1.24 bits per heavy atom. The molecule has 4 nitrogen and oxygen atoms in total. The van der Waals surface area contributed by atoms with Gasteiger partial charge in [-0.25, -0.2) is 0 Å². The average Bonchev–Trinajstić information content (AvgIpc) is 2.84. The molecule has 1 atom stereocenters. The van der Waals surface area contributed by atoms with E-state index in [1.165, 1.54) is 0 Å². The highest BCUT2D eigenvalue weighted by atomic mass is 16.5. The van der Waals surface area contributed by atoms with Gasteiger partial charge in [-0.05, 0) is 37.1 Å². The zero-order valence-electron chi connectivity index (χ0n) is 9.93. The lowest BCUT2D eigenvalue weighted by molar-refractivity contribution is 0.00853. The summed E-state index contributed by atoms with van der Waals surface area (Å²) in [7, 11) is 0. The number of nitrogen functional groups attached to an aromatic ring is 1. The minimum absolute atomic E-state index is 0.284. The van der Waals surface area contributed by atoms with Crippen LogP contribution >= 0.6 is 0 Å². The summed E-state index contributed by atoms with van der Waals surface area (Å²) in [6.07, 6.45) is 2.54. The summed E-state index contributed by atoms with van der Waals surface area (Å²) in [5.41, 5.74) is 6.32. The minimum Gasteiger partial charge on any atom is -0.491 e. The molecule has 0 aromatic heterocycles. The highest BCUT2D eigenvalue weighted by Gasteiger charge is 2.14. The lowest BCUT2D eigenvalue weighted by Crippen LogP contribution is -2.17. The molecule has 0 amide bonds. The zero-order chi connectivity index (χ0) is 11.9. The molecule has 0 radical (unpaired) electrons. The van der Waals surface area contributed by atoms with Crippen molar-refractivity contribution < 1.29 is 14.2 Å². The fourth-order valence-corrected chi connectivity index (χ4v) is 1.77. The Balaban J connectivity index is 1.55. The van der Waals surface area contributed by atoms with Crippen LogP contribution in [0, 0.1) is 0 Å². The van der Waals surface area contributed by atoms with Gasteiger partial charge in [-0.1, -0.05) is 0 Å². The molecule has 1 heterocycles. The predicted molar refractivity (Wildman–Crippen MR) is 66.1 cm³/mol. The van der Waals surface area contributed by atoms with Crippen LogP contribution in [0.1, 0.15) is 12.8 Å². The molecule has 0 aliphatic carbocycles. The first-order chi connectivity index (χ1) is 8.34. The third-order valence-electron chi connectivity index (χ3n) is 2.70. The maximum Gasteiger partial charge on any atom is 0.119 e. The molecule has 1 unspecified atom stereocenters. The monoisotopic (exact) mass is 237 g/mol. The van der Waals surface area contributed by atoms with Gasteiger partial charge in [-0.3, -0.25) is 0 Å². The molecule has 1 saturated heterocycles. The molecule has 0 bridgehead atoms. The van der Waals surface area contributed by atoms with Gasteiger partial charge < -0.3 is 19.9 Å². The lowest BCUT2D eigenvalue weighted by Gasteiger charge is -2.10. The molecule has 0 saturated carbocycles. The van der Waals surface area contributed by atoms with Crippen molar-refractivity contribution in [3.63, 3.8) is 0 Å². The molecule has 0 spiro atoms. The summed E-state index contributed by atoms with van der Waals surface area (Å²) >= 11 is 0. The molecule has 1 aromatic rings. The largest absolute Gasteiger partial charge is 0.491 e. The van der Waals surface area contributed by atoms with Gasteiger partial charge in [0.1, 0.15) is 12.4 Å². The van der Waals surface area contributed by atoms with E-state index >= 15 is 0 Å². The van der Waals surface area contributed by atoms with Crippen molar-refractivity contribution in [3.05, 3.63) is 24.3 Å². The van der Waals surface area contributed by atoms with Gasteiger partial charge in [-0.2, -0.15) is 0 Å². The second-order valence-corrected chi connectivity index (χ2v) is 4.13. The van der Waals surface area contributed by atoms with Crippen molar-refractivity contribution in [3.8, 4) is 5.75 Å². The smallest absolute Gasteiger partial charge is 0.119 e. The van der Waals surface area contributed by atoms with Crippen LogP contribution in [0.3, 0.4) is 0 Å². The van der Waals surface area contributed by atoms with Crippen molar-refractivity contribution in [1.82, 2.24) is 0 Å². The third kappa shape index (κ3) is 4.24. The van der Waals surface area contributed by atoms with Crippen LogP contribution in [0.15, 0.2) is 24.3 Å². The molecule has 1 fully saturated rings. The van der Waals surface area contributed by atoms with Crippen molar-refractivity contribution >= 4 is 5.69 Å². The van der Waals surface area contributed by atoms with Gasteiger partial charge in [0.2, 0.25) is 0 Å². The first-order valence-corrected chi connectivity index (χ1v) is 6.02. The van der Waals surface area contributed by atoms with Gasteiger partial charge in [0.05, 0.1) is 19.3 Å². The van der Waals surface area contributed by atoms with Gasteiger partial charge in [0.25, 0.3) is 0 Å². The van der Waals surface area contributed by atoms with Crippen LogP contribution in [0.5, 0.6) is 5.75 Å². The van der Waals surface area contributed by atoms with Gasteiger partial charge in [-0.15, -0.1) is 0 Å². The molecular weight excluding hydrogens is 218 g/mol. The van der Waals surface area contributed by atoms with Gasteiger partial charge in [0.15, 0.2) is 0 Å². The summed E-state index contributed by atoms with van der Waals surface area (Å²) < 4.78 is 16.4. The summed E-state index contributed by atoms with van der Waals surface area (Å²) in [6.45, 7) is 2.68. The Hall–Kier alpha value is -1.26. The van der Waals surface area contributed by atoms with Gasteiger partial charge >= 0.3 is 0 Å². The molecule has 1 aliphatic heterocycles. The molecule has 4 heteroatoms. The Morgan fingerprint density at radius 3 is 2.76 bits per heavy atom. The molecular formula is C13H19NO3. The number of anilines is 1. The van der Waals surface area contributed by atoms with E-state index in [9.17, 15) is 0 Å². The highest BCUT2D eigenvalue weighted by Crippen LogP contribution is 2.13. The molecule has 2 N–H and O–H groups in total. The lowest BCUT2D eigenvalue weighted by atomic mass is 10.2. The number of hydrogen-bond acceptors (Lipinski definition) is 4. The van der Waals surface area contributed by atoms with E-state index in [2.05, 4.69) is 0 Å². The second kappa shape index (κ2) is 6.47. The summed E-state index contributed by atoms with van der Waals surface area (Å²) in [6, 6.07) is 7.36. The van der Waals surface area contributed by atoms with Crippen LogP contribution in [0.25, 0.3) is 0 Å². The number of rotatable bonds is 6. The first-order valence-electron chi connectivity index (χ1n) is 6.02. The summed E-state index contributed by atoms with van der Waals surface area (Å²) in [5, 5.41) is 0. The van der Waals surface area contributed by atoms with Crippen LogP contribution < -0.4 is 10.5 Å². The van der Waals surface area contributed by atoms with E-state index in [0.29, 0.717) is 19.8 Å². The standard InChI is InChI=1S/C13H19NO3/c14-11-3-5-12(6-4-11)17-9-8-15-10-13-2-1-7-16-13/h3-6,13H,1-2,7-10,14H2. The second-order valence-electron chi connectivity index (χ2n) is 4.13. The van der Waals surface area contributed by atoms with E-state index in [4.69, 9.17) is 19.9 Å². The van der Waals surface area contributed by atoms with Crippen LogP contribution in [0.4, 0.5) is 5.69 Å². The number of nitrogens with two attached hydrogens (primary N) is 1. The SMILES string of the molecule is Nc1ccc(OCCOCC2CCCO2)cc1. The van der Waals surface area contributed by atoms with Crippen LogP contribution in [0.2, 0.25) is 0 Å². The van der Waals surface area contributed by atoms with E-state index in [-0.39, 0.29) is 6.10 Å². The molecule has 1 aliphatic rings. The number of hydrogen-bond donors (Lipinski definition) is 1. The van der Waals surface area contributed by atoms with Crippen molar-refractivity contribution in [1.29, 1.82) is 0 Å². The van der Waals surface area contributed by atoms with Crippen LogP contribution in [-0.4, -0.2) is 32.5 Å². The van der Waals surface area contributed by atoms with Gasteiger partial charge in [0, 0.05) is 12.3 Å². The van der Waals surface area contributed by atoms with Crippen molar-refractivity contribution in [2.75, 3.05) is 32.2 Å².